The van der Waals surface area contributed by atoms with E-state index in [0.29, 0.717) is 18.7 Å². The van der Waals surface area contributed by atoms with Gasteiger partial charge in [0.2, 0.25) is 23.6 Å². The summed E-state index contributed by atoms with van der Waals surface area (Å²) < 4.78 is 11.3. The summed E-state index contributed by atoms with van der Waals surface area (Å²) in [5, 5.41) is 17.2. The first kappa shape index (κ1) is 32.4. The van der Waals surface area contributed by atoms with Crippen molar-refractivity contribution in [3.63, 3.8) is 0 Å². The monoisotopic (exact) mass is 573 g/mol. The highest BCUT2D eigenvalue weighted by Gasteiger charge is 2.28. The number of rotatable bonds is 15. The fourth-order valence-electron chi connectivity index (χ4n) is 3.83. The zero-order valence-corrected chi connectivity index (χ0v) is 23.9. The summed E-state index contributed by atoms with van der Waals surface area (Å²) in [5.41, 5.74) is 7.57. The predicted molar refractivity (Wildman–Crippen MR) is 154 cm³/mol. The van der Waals surface area contributed by atoms with Crippen LogP contribution < -0.4 is 21.7 Å². The van der Waals surface area contributed by atoms with Gasteiger partial charge in [-0.25, -0.2) is 0 Å². The summed E-state index contributed by atoms with van der Waals surface area (Å²) in [6, 6.07) is 12.9. The highest BCUT2D eigenvalue weighted by Crippen LogP contribution is 2.11. The molecule has 4 amide bonds. The average molecular weight is 574 g/mol. The molecule has 2 rings (SSSR count). The predicted octanol–water partition coefficient (Wildman–Crippen LogP) is -0.163. The minimum Gasteiger partial charge on any atom is -0.508 e. The smallest absolute Gasteiger partial charge is 0.243 e. The molecule has 218 valence electrons. The van der Waals surface area contributed by atoms with Crippen LogP contribution in [-0.2, 0) is 42.8 Å². The average Bonchev–Trinajstić information content (AvgIpc) is 2.93. The van der Waals surface area contributed by atoms with Gasteiger partial charge in [-0.3, -0.25) is 23.4 Å². The molecule has 0 fully saturated rings. The second-order valence-electron chi connectivity index (χ2n) is 9.56. The van der Waals surface area contributed by atoms with Gasteiger partial charge in [0, 0.05) is 42.8 Å². The van der Waals surface area contributed by atoms with Crippen LogP contribution >= 0.6 is 0 Å². The van der Waals surface area contributed by atoms with E-state index in [-0.39, 0.29) is 31.0 Å². The van der Waals surface area contributed by atoms with E-state index < -0.39 is 46.6 Å². The van der Waals surface area contributed by atoms with Crippen molar-refractivity contribution in [2.24, 2.45) is 5.73 Å². The highest BCUT2D eigenvalue weighted by atomic mass is 32.2. The number of aromatic hydroxyl groups is 1. The van der Waals surface area contributed by atoms with Gasteiger partial charge in [0.05, 0.1) is 12.6 Å². The van der Waals surface area contributed by atoms with Crippen LogP contribution in [0, 0.1) is 0 Å². The first-order chi connectivity index (χ1) is 19.0. The van der Waals surface area contributed by atoms with E-state index in [1.54, 1.807) is 18.4 Å². The molecule has 0 aliphatic heterocycles. The Labute approximate surface area is 237 Å². The number of phenolic OH excluding ortho intramolecular Hbond substituents is 1. The van der Waals surface area contributed by atoms with Crippen molar-refractivity contribution in [2.45, 2.75) is 44.3 Å². The van der Waals surface area contributed by atoms with Crippen molar-refractivity contribution in [3.05, 3.63) is 65.7 Å². The Morgan fingerprint density at radius 3 is 2.17 bits per heavy atom. The van der Waals surface area contributed by atoms with E-state index in [2.05, 4.69) is 16.0 Å². The van der Waals surface area contributed by atoms with Crippen LogP contribution in [0.4, 0.5) is 0 Å². The van der Waals surface area contributed by atoms with Crippen LogP contribution in [0.3, 0.4) is 0 Å². The number of amides is 4. The number of nitrogens with one attached hydrogen (secondary N) is 3. The van der Waals surface area contributed by atoms with Gasteiger partial charge in [0.15, 0.2) is 0 Å². The number of nitrogens with two attached hydrogens (primary N) is 1. The van der Waals surface area contributed by atoms with Crippen LogP contribution in [0.1, 0.15) is 24.5 Å². The SMILES string of the molecule is C[C@@H](NC(=O)[C@@H](N)Cc1ccc(O)cc1)C(=O)NCC(=O)N(C)[C@@H](Cc1ccccc1)C(=O)NCCCS(C)=O. The van der Waals surface area contributed by atoms with Crippen molar-refractivity contribution in [2.75, 3.05) is 32.1 Å². The normalized spacial score (nSPS) is 13.8. The molecule has 2 aromatic rings. The molecule has 0 aliphatic carbocycles. The van der Waals surface area contributed by atoms with Gasteiger partial charge in [-0.1, -0.05) is 42.5 Å². The number of hydrogen-bond acceptors (Lipinski definition) is 7. The van der Waals surface area contributed by atoms with E-state index in [4.69, 9.17) is 5.73 Å². The maximum Gasteiger partial charge on any atom is 0.243 e. The third kappa shape index (κ3) is 11.1. The molecule has 6 N–H and O–H groups in total. The lowest BCUT2D eigenvalue weighted by Gasteiger charge is -2.28. The second kappa shape index (κ2) is 16.4. The van der Waals surface area contributed by atoms with Gasteiger partial charge in [-0.15, -0.1) is 0 Å². The lowest BCUT2D eigenvalue weighted by molar-refractivity contribution is -0.139. The van der Waals surface area contributed by atoms with E-state index in [1.807, 2.05) is 30.3 Å². The molecule has 40 heavy (non-hydrogen) atoms. The van der Waals surface area contributed by atoms with Crippen LogP contribution in [0.5, 0.6) is 5.75 Å². The van der Waals surface area contributed by atoms with Crippen LogP contribution in [0.25, 0.3) is 0 Å². The fourth-order valence-corrected chi connectivity index (χ4v) is 4.38. The molecule has 4 atom stereocenters. The molecular formula is C28H39N5O6S. The van der Waals surface area contributed by atoms with E-state index >= 15 is 0 Å². The third-order valence-corrected chi connectivity index (χ3v) is 7.10. The Morgan fingerprint density at radius 1 is 0.925 bits per heavy atom. The topological polar surface area (TPSA) is 171 Å². The molecule has 1 unspecified atom stereocenters. The maximum atomic E-state index is 13.0. The molecule has 0 heterocycles. The fraction of sp³-hybridized carbons (Fsp3) is 0.429. The second-order valence-corrected chi connectivity index (χ2v) is 11.1. The van der Waals surface area contributed by atoms with Gasteiger partial charge >= 0.3 is 0 Å². The lowest BCUT2D eigenvalue weighted by atomic mass is 10.0. The Balaban J connectivity index is 1.91. The standard InChI is InChI=1S/C28H39N5O6S/c1-19(32-27(37)23(29)16-21-10-12-22(34)13-11-21)26(36)31-18-25(35)33(2)24(17-20-8-5-4-6-9-20)28(38)30-14-7-15-40(3)39/h4-6,8-13,19,23-24,34H,7,14-18,29H2,1-3H3,(H,30,38)(H,31,36)(H,32,37)/t19-,23+,24+,40?/m1/s1. The number of nitrogens with zero attached hydrogens (tertiary/aromatic N) is 1. The van der Waals surface area contributed by atoms with Crippen molar-refractivity contribution < 1.29 is 28.5 Å². The minimum atomic E-state index is -0.964. The molecular weight excluding hydrogens is 534 g/mol. The quantitative estimate of drug-likeness (QED) is 0.184. The van der Waals surface area contributed by atoms with Gasteiger partial charge < -0.3 is 31.7 Å². The number of benzene rings is 2. The molecule has 0 radical (unpaired) electrons. The molecule has 0 bridgehead atoms. The summed E-state index contributed by atoms with van der Waals surface area (Å²) >= 11 is 0. The summed E-state index contributed by atoms with van der Waals surface area (Å²) in [4.78, 5) is 52.3. The summed E-state index contributed by atoms with van der Waals surface area (Å²) in [7, 11) is 0.532. The molecule has 0 aliphatic rings. The number of carbonyl (C=O) groups excluding carboxylic acids is 4. The van der Waals surface area contributed by atoms with E-state index in [9.17, 15) is 28.5 Å². The third-order valence-electron chi connectivity index (χ3n) is 6.24. The molecule has 0 saturated heterocycles. The van der Waals surface area contributed by atoms with Crippen LogP contribution in [0.15, 0.2) is 54.6 Å². The van der Waals surface area contributed by atoms with Crippen LogP contribution in [0.2, 0.25) is 0 Å². The Kier molecular flexibility index (Phi) is 13.3. The zero-order valence-electron chi connectivity index (χ0n) is 23.1. The zero-order chi connectivity index (χ0) is 29.7. The van der Waals surface area contributed by atoms with Crippen LogP contribution in [-0.4, -0.2) is 88.1 Å². The lowest BCUT2D eigenvalue weighted by Crippen LogP contribution is -2.54. The molecule has 12 heteroatoms. The largest absolute Gasteiger partial charge is 0.508 e. The first-order valence-electron chi connectivity index (χ1n) is 13.0. The van der Waals surface area contributed by atoms with Gasteiger partial charge in [-0.05, 0) is 43.0 Å². The minimum absolute atomic E-state index is 0.102. The van der Waals surface area contributed by atoms with Crippen molar-refractivity contribution in [1.29, 1.82) is 0 Å². The summed E-state index contributed by atoms with van der Waals surface area (Å²) in [6.45, 7) is 1.43. The van der Waals surface area contributed by atoms with Gasteiger partial charge in [-0.2, -0.15) is 0 Å². The van der Waals surface area contributed by atoms with Gasteiger partial charge in [0.1, 0.15) is 17.8 Å². The molecule has 2 aromatic carbocycles. The van der Waals surface area contributed by atoms with E-state index in [0.717, 1.165) is 11.1 Å². The Hall–Kier alpha value is -3.77. The van der Waals surface area contributed by atoms with Gasteiger partial charge in [0.25, 0.3) is 0 Å². The highest BCUT2D eigenvalue weighted by molar-refractivity contribution is 7.84. The summed E-state index contributed by atoms with van der Waals surface area (Å²) in [5.74, 6) is -1.39. The van der Waals surface area contributed by atoms with Crippen molar-refractivity contribution in [1.82, 2.24) is 20.9 Å². The number of likely N-dealkylation sites (N-methyl/N-ethyl adjacent to an activating group) is 1. The Bertz CT molecular complexity index is 1160. The van der Waals surface area contributed by atoms with E-state index in [1.165, 1.54) is 31.0 Å². The molecule has 11 nitrogen and oxygen atoms in total. The molecule has 0 spiro atoms. The first-order valence-corrected chi connectivity index (χ1v) is 14.7. The molecule has 0 aromatic heterocycles. The van der Waals surface area contributed by atoms with Crippen molar-refractivity contribution >= 4 is 34.4 Å². The number of hydrogen-bond donors (Lipinski definition) is 5. The van der Waals surface area contributed by atoms with Crippen molar-refractivity contribution in [3.8, 4) is 5.75 Å². The maximum absolute atomic E-state index is 13.0. The number of phenols is 1. The summed E-state index contributed by atoms with van der Waals surface area (Å²) in [6.07, 6.45) is 2.63. The number of carbonyl (C=O) groups is 4. The molecule has 0 saturated carbocycles. The Morgan fingerprint density at radius 2 is 1.55 bits per heavy atom.